The summed E-state index contributed by atoms with van der Waals surface area (Å²) in [6.07, 6.45) is 2.27. The summed E-state index contributed by atoms with van der Waals surface area (Å²) in [4.78, 5) is 22.5. The fourth-order valence-electron chi connectivity index (χ4n) is 4.60. The lowest BCUT2D eigenvalue weighted by Crippen LogP contribution is -2.45. The maximum Gasteiger partial charge on any atom is 0.264 e. The Hall–Kier alpha value is -4.26. The van der Waals surface area contributed by atoms with E-state index in [0.717, 1.165) is 5.39 Å². The predicted molar refractivity (Wildman–Crippen MR) is 141 cm³/mol. The molecule has 37 heavy (non-hydrogen) atoms. The summed E-state index contributed by atoms with van der Waals surface area (Å²) in [5, 5.41) is 11.8. The SMILES string of the molecule is [C-]#[N+]c1cccc(C2(O)CCN(C(=O)c3ccc(NS(=O)(=O)c4cccc5cccnc45)cc3)CC2)c1. The molecular weight excluding hydrogens is 488 g/mol. The van der Waals surface area contributed by atoms with E-state index in [1.165, 1.54) is 6.07 Å². The third-order valence-electron chi connectivity index (χ3n) is 6.66. The molecule has 0 radical (unpaired) electrons. The van der Waals surface area contributed by atoms with E-state index in [9.17, 15) is 18.3 Å². The van der Waals surface area contributed by atoms with Gasteiger partial charge in [-0.1, -0.05) is 42.5 Å². The standard InChI is InChI=1S/C28H24N4O4S/c1-29-24-8-3-7-22(19-24)28(34)14-17-32(18-15-28)27(33)21-10-12-23(13-11-21)31-37(35,36)25-9-2-5-20-6-4-16-30-26(20)25/h2-13,16,19,31,34H,14-15,17-18H2. The summed E-state index contributed by atoms with van der Waals surface area (Å²) in [6, 6.07) is 21.7. The molecule has 0 spiro atoms. The Morgan fingerprint density at radius 1 is 1.00 bits per heavy atom. The van der Waals surface area contributed by atoms with Gasteiger partial charge in [-0.05, 0) is 54.8 Å². The van der Waals surface area contributed by atoms with Crippen LogP contribution in [0.2, 0.25) is 0 Å². The molecule has 1 amide bonds. The zero-order valence-corrected chi connectivity index (χ0v) is 20.6. The number of amides is 1. The van der Waals surface area contributed by atoms with Crippen molar-refractivity contribution < 1.29 is 18.3 Å². The molecule has 1 saturated heterocycles. The molecule has 1 aliphatic rings. The fraction of sp³-hybridized carbons (Fsp3) is 0.179. The quantitative estimate of drug-likeness (QED) is 0.377. The largest absolute Gasteiger partial charge is 0.385 e. The highest BCUT2D eigenvalue weighted by molar-refractivity contribution is 7.93. The van der Waals surface area contributed by atoms with Gasteiger partial charge < -0.3 is 10.0 Å². The second-order valence-electron chi connectivity index (χ2n) is 9.00. The molecule has 2 N–H and O–H groups in total. The van der Waals surface area contributed by atoms with E-state index in [2.05, 4.69) is 14.6 Å². The van der Waals surface area contributed by atoms with E-state index in [-0.39, 0.29) is 10.8 Å². The smallest absolute Gasteiger partial charge is 0.264 e. The normalized spacial score (nSPS) is 15.2. The average molecular weight is 513 g/mol. The van der Waals surface area contributed by atoms with Crippen molar-refractivity contribution in [2.45, 2.75) is 23.3 Å². The van der Waals surface area contributed by atoms with Crippen LogP contribution in [-0.4, -0.2) is 42.4 Å². The summed E-state index contributed by atoms with van der Waals surface area (Å²) >= 11 is 0. The number of nitrogens with one attached hydrogen (secondary N) is 1. The second-order valence-corrected chi connectivity index (χ2v) is 10.7. The van der Waals surface area contributed by atoms with Crippen molar-refractivity contribution in [3.63, 3.8) is 0 Å². The van der Waals surface area contributed by atoms with E-state index in [4.69, 9.17) is 6.57 Å². The number of rotatable bonds is 5. The number of anilines is 1. The summed E-state index contributed by atoms with van der Waals surface area (Å²) in [7, 11) is -3.89. The van der Waals surface area contributed by atoms with Gasteiger partial charge in [0, 0.05) is 35.9 Å². The molecule has 5 rings (SSSR count). The summed E-state index contributed by atoms with van der Waals surface area (Å²) in [6.45, 7) is 7.91. The molecule has 4 aromatic rings. The Morgan fingerprint density at radius 2 is 1.70 bits per heavy atom. The van der Waals surface area contributed by atoms with Crippen LogP contribution in [0.25, 0.3) is 15.7 Å². The summed E-state index contributed by atoms with van der Waals surface area (Å²) in [5.74, 6) is -0.190. The first-order valence-electron chi connectivity index (χ1n) is 11.8. The topological polar surface area (TPSA) is 104 Å². The van der Waals surface area contributed by atoms with E-state index >= 15 is 0 Å². The molecule has 1 aromatic heterocycles. The molecule has 0 atom stereocenters. The van der Waals surface area contributed by atoms with E-state index in [0.29, 0.717) is 53.9 Å². The van der Waals surface area contributed by atoms with Crippen molar-refractivity contribution in [3.05, 3.63) is 108 Å². The van der Waals surface area contributed by atoms with Gasteiger partial charge in [-0.15, -0.1) is 0 Å². The van der Waals surface area contributed by atoms with Crippen molar-refractivity contribution in [2.24, 2.45) is 0 Å². The fourth-order valence-corrected chi connectivity index (χ4v) is 5.84. The van der Waals surface area contributed by atoms with Gasteiger partial charge in [0.05, 0.1) is 17.7 Å². The number of benzene rings is 3. The lowest BCUT2D eigenvalue weighted by Gasteiger charge is -2.38. The highest BCUT2D eigenvalue weighted by Gasteiger charge is 2.35. The zero-order valence-electron chi connectivity index (χ0n) is 19.8. The minimum atomic E-state index is -3.89. The van der Waals surface area contributed by atoms with Gasteiger partial charge in [0.1, 0.15) is 4.90 Å². The predicted octanol–water partition coefficient (Wildman–Crippen LogP) is 4.71. The van der Waals surface area contributed by atoms with Gasteiger partial charge >= 0.3 is 0 Å². The van der Waals surface area contributed by atoms with Gasteiger partial charge in [0.25, 0.3) is 15.9 Å². The second kappa shape index (κ2) is 9.65. The van der Waals surface area contributed by atoms with Crippen LogP contribution in [-0.2, 0) is 15.6 Å². The van der Waals surface area contributed by atoms with E-state index < -0.39 is 15.6 Å². The van der Waals surface area contributed by atoms with Crippen LogP contribution in [0.15, 0.2) is 90.0 Å². The number of aromatic nitrogens is 1. The number of carbonyl (C=O) groups is 1. The number of likely N-dealkylation sites (tertiary alicyclic amines) is 1. The van der Waals surface area contributed by atoms with Crippen LogP contribution in [0.4, 0.5) is 11.4 Å². The van der Waals surface area contributed by atoms with Gasteiger partial charge in [-0.2, -0.15) is 0 Å². The molecule has 0 unspecified atom stereocenters. The van der Waals surface area contributed by atoms with Crippen LogP contribution in [0.5, 0.6) is 0 Å². The number of hydrogen-bond acceptors (Lipinski definition) is 5. The van der Waals surface area contributed by atoms with Crippen LogP contribution in [0.1, 0.15) is 28.8 Å². The van der Waals surface area contributed by atoms with E-state index in [1.807, 2.05) is 0 Å². The number of piperidine rings is 1. The minimum absolute atomic E-state index is 0.0773. The number of nitrogens with zero attached hydrogens (tertiary/aromatic N) is 3. The Kier molecular flexibility index (Phi) is 6.38. The van der Waals surface area contributed by atoms with E-state index in [1.54, 1.807) is 83.9 Å². The van der Waals surface area contributed by atoms with Crippen molar-refractivity contribution in [1.82, 2.24) is 9.88 Å². The van der Waals surface area contributed by atoms with Crippen molar-refractivity contribution in [2.75, 3.05) is 17.8 Å². The Bertz CT molecular complexity index is 1620. The lowest BCUT2D eigenvalue weighted by molar-refractivity contribution is -0.0211. The molecule has 3 aromatic carbocycles. The number of carbonyl (C=O) groups excluding carboxylic acids is 1. The zero-order chi connectivity index (χ0) is 26.0. The molecular formula is C28H24N4O4S. The number of fused-ring (bicyclic) bond motifs is 1. The molecule has 2 heterocycles. The monoisotopic (exact) mass is 512 g/mol. The maximum absolute atomic E-state index is 13.1. The molecule has 1 fully saturated rings. The number of pyridine rings is 1. The number of hydrogen-bond donors (Lipinski definition) is 2. The third-order valence-corrected chi connectivity index (χ3v) is 8.07. The van der Waals surface area contributed by atoms with Gasteiger partial charge in [0.2, 0.25) is 0 Å². The van der Waals surface area contributed by atoms with Crippen LogP contribution in [0, 0.1) is 6.57 Å². The molecule has 8 nitrogen and oxygen atoms in total. The Labute approximate surface area is 215 Å². The van der Waals surface area contributed by atoms with Crippen molar-refractivity contribution in [3.8, 4) is 0 Å². The molecule has 186 valence electrons. The highest BCUT2D eigenvalue weighted by atomic mass is 32.2. The molecule has 1 aliphatic heterocycles. The number of sulfonamides is 1. The first-order chi connectivity index (χ1) is 17.8. The van der Waals surface area contributed by atoms with Crippen LogP contribution < -0.4 is 4.72 Å². The number of aliphatic hydroxyl groups is 1. The Morgan fingerprint density at radius 3 is 2.43 bits per heavy atom. The molecule has 0 aliphatic carbocycles. The van der Waals surface area contributed by atoms with Crippen LogP contribution in [0.3, 0.4) is 0 Å². The van der Waals surface area contributed by atoms with Gasteiger partial charge in [-0.25, -0.2) is 13.3 Å². The van der Waals surface area contributed by atoms with Crippen molar-refractivity contribution >= 4 is 38.2 Å². The lowest BCUT2D eigenvalue weighted by atomic mass is 9.84. The third kappa shape index (κ3) is 4.89. The van der Waals surface area contributed by atoms with Gasteiger partial charge in [0.15, 0.2) is 5.69 Å². The minimum Gasteiger partial charge on any atom is -0.385 e. The molecule has 9 heteroatoms. The van der Waals surface area contributed by atoms with Crippen LogP contribution >= 0.6 is 0 Å². The first-order valence-corrected chi connectivity index (χ1v) is 13.2. The summed E-state index contributed by atoms with van der Waals surface area (Å²) < 4.78 is 28.6. The average Bonchev–Trinajstić information content (AvgIpc) is 2.93. The maximum atomic E-state index is 13.1. The highest BCUT2D eigenvalue weighted by Crippen LogP contribution is 2.35. The van der Waals surface area contributed by atoms with Crippen molar-refractivity contribution in [1.29, 1.82) is 0 Å². The Balaban J connectivity index is 1.27. The molecule has 0 bridgehead atoms. The van der Waals surface area contributed by atoms with Gasteiger partial charge in [-0.3, -0.25) is 14.5 Å². The molecule has 0 saturated carbocycles. The summed E-state index contributed by atoms with van der Waals surface area (Å²) in [5.41, 5.74) is 1.21. The first kappa shape index (κ1) is 24.4. The number of para-hydroxylation sites is 1.